The first-order chi connectivity index (χ1) is 12.5. The van der Waals surface area contributed by atoms with Crippen molar-refractivity contribution in [1.29, 1.82) is 0 Å². The molecule has 0 spiro atoms. The molecule has 7 nitrogen and oxygen atoms in total. The first-order valence-corrected chi connectivity index (χ1v) is 10.2. The van der Waals surface area contributed by atoms with E-state index in [1.807, 2.05) is 29.6 Å². The summed E-state index contributed by atoms with van der Waals surface area (Å²) in [5.74, 6) is 0.993. The Labute approximate surface area is 156 Å². The fraction of sp³-hybridized carbons (Fsp3) is 0.500. The van der Waals surface area contributed by atoms with E-state index in [0.717, 1.165) is 23.4 Å². The van der Waals surface area contributed by atoms with Crippen LogP contribution in [0.5, 0.6) is 0 Å². The average molecular weight is 375 g/mol. The third kappa shape index (κ3) is 4.69. The van der Waals surface area contributed by atoms with Crippen molar-refractivity contribution >= 4 is 22.5 Å². The van der Waals surface area contributed by atoms with Gasteiger partial charge in [-0.2, -0.15) is 5.10 Å². The number of hydrogen-bond donors (Lipinski definition) is 1. The van der Waals surface area contributed by atoms with Crippen LogP contribution in [-0.2, 0) is 10.8 Å². The maximum atomic E-state index is 12.6. The molecule has 3 heterocycles. The van der Waals surface area contributed by atoms with Crippen LogP contribution < -0.4 is 5.32 Å². The molecule has 0 aromatic carbocycles. The Balaban J connectivity index is 1.47. The molecule has 26 heavy (non-hydrogen) atoms. The summed E-state index contributed by atoms with van der Waals surface area (Å²) >= 11 is 0. The van der Waals surface area contributed by atoms with Crippen molar-refractivity contribution in [2.24, 2.45) is 5.92 Å². The normalized spacial score (nSPS) is 16.7. The molecule has 1 aliphatic heterocycles. The monoisotopic (exact) mass is 375 g/mol. The number of carbonyl (C=O) groups excluding carboxylic acids is 1. The zero-order valence-electron chi connectivity index (χ0n) is 15.2. The lowest BCUT2D eigenvalue weighted by Gasteiger charge is -2.31. The van der Waals surface area contributed by atoms with Crippen LogP contribution >= 0.6 is 0 Å². The number of hydrogen-bond acceptors (Lipinski definition) is 4. The molecule has 1 N–H and O–H groups in total. The van der Waals surface area contributed by atoms with Gasteiger partial charge in [0.05, 0.1) is 21.9 Å². The van der Waals surface area contributed by atoms with Crippen LogP contribution in [0.4, 0.5) is 10.5 Å². The third-order valence-corrected chi connectivity index (χ3v) is 6.10. The molecule has 0 bridgehead atoms. The van der Waals surface area contributed by atoms with Crippen molar-refractivity contribution in [2.75, 3.05) is 24.2 Å². The van der Waals surface area contributed by atoms with Crippen LogP contribution in [0.2, 0.25) is 0 Å². The molecular weight excluding hydrogens is 350 g/mol. The first kappa shape index (κ1) is 18.6. The van der Waals surface area contributed by atoms with Crippen molar-refractivity contribution in [3.63, 3.8) is 0 Å². The highest BCUT2D eigenvalue weighted by Gasteiger charge is 2.25. The lowest BCUT2D eigenvalue weighted by Crippen LogP contribution is -2.41. The number of amides is 2. The van der Waals surface area contributed by atoms with Gasteiger partial charge >= 0.3 is 6.03 Å². The molecule has 2 aromatic heterocycles. The summed E-state index contributed by atoms with van der Waals surface area (Å²) in [4.78, 5) is 18.9. The number of piperidine rings is 1. The summed E-state index contributed by atoms with van der Waals surface area (Å²) in [6.07, 6.45) is 8.62. The molecule has 1 aliphatic rings. The lowest BCUT2D eigenvalue weighted by molar-refractivity contribution is 0.187. The Morgan fingerprint density at radius 2 is 2.00 bits per heavy atom. The van der Waals surface area contributed by atoms with Crippen LogP contribution in [0.25, 0.3) is 0 Å². The van der Waals surface area contributed by atoms with Gasteiger partial charge < -0.3 is 10.2 Å². The fourth-order valence-corrected chi connectivity index (χ4v) is 4.32. The highest BCUT2D eigenvalue weighted by molar-refractivity contribution is 7.85. The van der Waals surface area contributed by atoms with Gasteiger partial charge in [-0.15, -0.1) is 0 Å². The van der Waals surface area contributed by atoms with Crippen LogP contribution in [0.15, 0.2) is 41.8 Å². The van der Waals surface area contributed by atoms with Gasteiger partial charge in [0.15, 0.2) is 0 Å². The standard InChI is InChI=1S/C18H25N5O2S/c1-14(2)23-12-17(11-20-23)26(25)13-15-5-9-22(10-6-15)18(24)21-16-3-7-19-8-4-16/h3-4,7-8,11-12,14-15H,5-6,9-10,13H2,1-2H3,(H,19,21,24). The topological polar surface area (TPSA) is 80.1 Å². The second-order valence-electron chi connectivity index (χ2n) is 6.86. The van der Waals surface area contributed by atoms with Crippen molar-refractivity contribution in [3.8, 4) is 0 Å². The number of carbonyl (C=O) groups is 1. The zero-order valence-corrected chi connectivity index (χ0v) is 16.0. The van der Waals surface area contributed by atoms with Gasteiger partial charge in [-0.1, -0.05) is 0 Å². The SMILES string of the molecule is CC(C)n1cc(S(=O)CC2CCN(C(=O)Nc3ccncc3)CC2)cn1. The summed E-state index contributed by atoms with van der Waals surface area (Å²) in [5.41, 5.74) is 0.746. The van der Waals surface area contributed by atoms with E-state index in [9.17, 15) is 9.00 Å². The predicted octanol–water partition coefficient (Wildman–Crippen LogP) is 2.91. The van der Waals surface area contributed by atoms with E-state index in [1.54, 1.807) is 30.7 Å². The Kier molecular flexibility index (Phi) is 6.03. The Bertz CT molecular complexity index is 754. The Morgan fingerprint density at radius 3 is 2.62 bits per heavy atom. The number of urea groups is 1. The van der Waals surface area contributed by atoms with Crippen molar-refractivity contribution in [2.45, 2.75) is 37.6 Å². The summed E-state index contributed by atoms with van der Waals surface area (Å²) in [7, 11) is -1.04. The van der Waals surface area contributed by atoms with Gasteiger partial charge in [0.2, 0.25) is 0 Å². The van der Waals surface area contributed by atoms with Gasteiger partial charge in [-0.05, 0) is 44.7 Å². The smallest absolute Gasteiger partial charge is 0.321 e. The maximum Gasteiger partial charge on any atom is 0.321 e. The molecule has 0 aliphatic carbocycles. The Hall–Kier alpha value is -2.22. The van der Waals surface area contributed by atoms with Crippen LogP contribution in [0.3, 0.4) is 0 Å². The fourth-order valence-electron chi connectivity index (χ4n) is 2.97. The van der Waals surface area contributed by atoms with E-state index in [4.69, 9.17) is 0 Å². The van der Waals surface area contributed by atoms with Crippen molar-refractivity contribution < 1.29 is 9.00 Å². The molecule has 1 fully saturated rings. The number of anilines is 1. The van der Waals surface area contributed by atoms with Crippen molar-refractivity contribution in [3.05, 3.63) is 36.9 Å². The molecule has 2 aromatic rings. The molecular formula is C18H25N5O2S. The predicted molar refractivity (Wildman–Crippen MR) is 101 cm³/mol. The number of likely N-dealkylation sites (tertiary alicyclic amines) is 1. The second kappa shape index (κ2) is 8.44. The van der Waals surface area contributed by atoms with E-state index >= 15 is 0 Å². The van der Waals surface area contributed by atoms with Gasteiger partial charge in [0, 0.05) is 49.2 Å². The molecule has 1 unspecified atom stereocenters. The maximum absolute atomic E-state index is 12.6. The summed E-state index contributed by atoms with van der Waals surface area (Å²) in [6.45, 7) is 5.47. The highest BCUT2D eigenvalue weighted by Crippen LogP contribution is 2.21. The minimum atomic E-state index is -1.04. The molecule has 0 radical (unpaired) electrons. The summed E-state index contributed by atoms with van der Waals surface area (Å²) in [6, 6.07) is 3.72. The number of rotatable bonds is 5. The molecule has 1 atom stereocenters. The minimum Gasteiger partial charge on any atom is -0.325 e. The van der Waals surface area contributed by atoms with E-state index in [-0.39, 0.29) is 12.1 Å². The largest absolute Gasteiger partial charge is 0.325 e. The second-order valence-corrected chi connectivity index (χ2v) is 8.35. The van der Waals surface area contributed by atoms with Gasteiger partial charge in [0.25, 0.3) is 0 Å². The van der Waals surface area contributed by atoms with E-state index in [0.29, 0.717) is 24.8 Å². The summed E-state index contributed by atoms with van der Waals surface area (Å²) < 4.78 is 14.4. The quantitative estimate of drug-likeness (QED) is 0.871. The van der Waals surface area contributed by atoms with Crippen LogP contribution in [-0.4, -0.2) is 48.7 Å². The summed E-state index contributed by atoms with van der Waals surface area (Å²) in [5, 5.41) is 7.15. The third-order valence-electron chi connectivity index (χ3n) is 4.59. The molecule has 140 valence electrons. The van der Waals surface area contributed by atoms with E-state index in [1.165, 1.54) is 0 Å². The number of nitrogens with zero attached hydrogens (tertiary/aromatic N) is 4. The first-order valence-electron chi connectivity index (χ1n) is 8.91. The average Bonchev–Trinajstić information content (AvgIpc) is 3.14. The molecule has 8 heteroatoms. The van der Waals surface area contributed by atoms with Gasteiger partial charge in [-0.3, -0.25) is 13.9 Å². The minimum absolute atomic E-state index is 0.0889. The van der Waals surface area contributed by atoms with E-state index < -0.39 is 10.8 Å². The zero-order chi connectivity index (χ0) is 18.5. The van der Waals surface area contributed by atoms with Crippen LogP contribution in [0, 0.1) is 5.92 Å². The molecule has 1 saturated heterocycles. The van der Waals surface area contributed by atoms with Crippen LogP contribution in [0.1, 0.15) is 32.7 Å². The molecule has 0 saturated carbocycles. The van der Waals surface area contributed by atoms with E-state index in [2.05, 4.69) is 15.4 Å². The van der Waals surface area contributed by atoms with Gasteiger partial charge in [-0.25, -0.2) is 4.79 Å². The number of pyridine rings is 1. The molecule has 2 amide bonds. The number of nitrogens with one attached hydrogen (secondary N) is 1. The highest BCUT2D eigenvalue weighted by atomic mass is 32.2. The molecule has 3 rings (SSSR count). The van der Waals surface area contributed by atoms with Gasteiger partial charge in [0.1, 0.15) is 0 Å². The lowest BCUT2D eigenvalue weighted by atomic mass is 9.99. The Morgan fingerprint density at radius 1 is 1.31 bits per heavy atom. The van der Waals surface area contributed by atoms with Crippen molar-refractivity contribution in [1.82, 2.24) is 19.7 Å². The number of aromatic nitrogens is 3.